The first kappa shape index (κ1) is 11.5. The molecular weight excluding hydrogens is 144 g/mol. The third-order valence-electron chi connectivity index (χ3n) is 2.63. The van der Waals surface area contributed by atoms with E-state index in [1.807, 2.05) is 6.08 Å². The maximum Gasteiger partial charge on any atom is 0.00916 e. The van der Waals surface area contributed by atoms with Crippen molar-refractivity contribution < 1.29 is 0 Å². The van der Waals surface area contributed by atoms with Gasteiger partial charge in [-0.25, -0.2) is 0 Å². The molecule has 0 spiro atoms. The lowest BCUT2D eigenvalue weighted by Crippen LogP contribution is -2.25. The fourth-order valence-corrected chi connectivity index (χ4v) is 1.46. The van der Waals surface area contributed by atoms with Gasteiger partial charge < -0.3 is 0 Å². The highest BCUT2D eigenvalue weighted by Crippen LogP contribution is 2.40. The minimum absolute atomic E-state index is 0.0932. The Morgan fingerprint density at radius 3 is 1.83 bits per heavy atom. The zero-order chi connectivity index (χ0) is 9.94. The van der Waals surface area contributed by atoms with Gasteiger partial charge in [0, 0.05) is 5.92 Å². The van der Waals surface area contributed by atoms with E-state index in [0.29, 0.717) is 5.92 Å². The smallest absolute Gasteiger partial charge is 0.00916 e. The molecule has 0 unspecified atom stereocenters. The van der Waals surface area contributed by atoms with Crippen molar-refractivity contribution in [3.8, 4) is 0 Å². The second kappa shape index (κ2) is 3.93. The Bertz CT molecular complexity index is 172. The monoisotopic (exact) mass is 165 g/mol. The number of rotatable bonds is 4. The van der Waals surface area contributed by atoms with Gasteiger partial charge in [-0.05, 0) is 18.3 Å². The lowest BCUT2D eigenvalue weighted by atomic mass is 9.69. The van der Waals surface area contributed by atoms with Crippen LogP contribution in [0.25, 0.3) is 0 Å². The second-order valence-corrected chi connectivity index (χ2v) is 4.22. The average molecular weight is 165 g/mol. The predicted octanol–water partition coefficient (Wildman–Crippen LogP) is 4.01. The van der Waals surface area contributed by atoms with Crippen LogP contribution in [0.2, 0.25) is 0 Å². The van der Waals surface area contributed by atoms with Crippen LogP contribution in [-0.4, -0.2) is 0 Å². The first-order valence-electron chi connectivity index (χ1n) is 4.49. The van der Waals surface area contributed by atoms with Crippen LogP contribution in [0.5, 0.6) is 0 Å². The molecule has 0 fully saturated rings. The third kappa shape index (κ3) is 2.23. The van der Waals surface area contributed by atoms with Crippen LogP contribution in [-0.2, 0) is 0 Å². The summed E-state index contributed by atoms with van der Waals surface area (Å²) in [5, 5.41) is 0. The van der Waals surface area contributed by atoms with Crippen LogP contribution in [0.1, 0.15) is 34.6 Å². The van der Waals surface area contributed by atoms with Gasteiger partial charge in [-0.3, -0.25) is 0 Å². The van der Waals surface area contributed by atoms with Crippen LogP contribution >= 0.6 is 0 Å². The van der Waals surface area contributed by atoms with Crippen LogP contribution in [0.15, 0.2) is 24.8 Å². The second-order valence-electron chi connectivity index (χ2n) is 4.22. The maximum atomic E-state index is 4.01. The fraction of sp³-hybridized carbons (Fsp3) is 0.583. The van der Waals surface area contributed by atoms with Gasteiger partial charge in [0.2, 0.25) is 0 Å². The summed E-state index contributed by atoms with van der Waals surface area (Å²) in [6.07, 6.45) is 1.97. The molecule has 0 aromatic rings. The first-order valence-corrected chi connectivity index (χ1v) is 4.49. The van der Waals surface area contributed by atoms with E-state index < -0.39 is 0 Å². The molecule has 0 aromatic heterocycles. The minimum Gasteiger partial charge on any atom is -0.102 e. The zero-order valence-electron chi connectivity index (χ0n) is 9.07. The molecule has 0 rings (SSSR count). The normalized spacial score (nSPS) is 12.2. The highest BCUT2D eigenvalue weighted by molar-refractivity contribution is 5.26. The lowest BCUT2D eigenvalue weighted by Gasteiger charge is -2.35. The van der Waals surface area contributed by atoms with Crippen molar-refractivity contribution >= 4 is 0 Å². The van der Waals surface area contributed by atoms with E-state index in [0.717, 1.165) is 0 Å². The van der Waals surface area contributed by atoms with E-state index in [9.17, 15) is 0 Å². The van der Waals surface area contributed by atoms with E-state index >= 15 is 0 Å². The third-order valence-corrected chi connectivity index (χ3v) is 2.63. The summed E-state index contributed by atoms with van der Waals surface area (Å²) in [5.74, 6) is 1.92. The van der Waals surface area contributed by atoms with E-state index in [4.69, 9.17) is 0 Å². The molecule has 0 aromatic carbocycles. The molecule has 0 aliphatic heterocycles. The molecule has 0 saturated carbocycles. The largest absolute Gasteiger partial charge is 0.102 e. The number of hydrogen-bond donors (Lipinski definition) is 0. The van der Waals surface area contributed by atoms with Crippen molar-refractivity contribution in [2.24, 2.45) is 11.3 Å². The van der Waals surface area contributed by atoms with Gasteiger partial charge in [0.05, 0.1) is 0 Å². The molecule has 0 bridgehead atoms. The summed E-state index contributed by atoms with van der Waals surface area (Å²) in [4.78, 5) is 0. The number of allylic oxidation sites excluding steroid dienone is 2. The summed E-state index contributed by atoms with van der Waals surface area (Å²) in [7, 11) is 0. The minimum atomic E-state index is 0.0932. The Morgan fingerprint density at radius 1 is 1.33 bits per heavy atom. The molecule has 0 nitrogen and oxygen atoms in total. The Balaban J connectivity index is 4.71. The maximum absolute atomic E-state index is 4.01. The summed E-state index contributed by atoms with van der Waals surface area (Å²) in [6, 6.07) is 0. The topological polar surface area (TPSA) is 0 Å². The van der Waals surface area contributed by atoms with Crippen molar-refractivity contribution in [2.45, 2.75) is 34.6 Å². The highest BCUT2D eigenvalue weighted by atomic mass is 14.3. The van der Waals surface area contributed by atoms with Gasteiger partial charge in [0.25, 0.3) is 0 Å². The molecule has 0 atom stereocenters. The van der Waals surface area contributed by atoms with Crippen molar-refractivity contribution in [2.75, 3.05) is 0 Å². The molecule has 0 heterocycles. The molecule has 0 saturated heterocycles. The Kier molecular flexibility index (Phi) is 3.76. The Hall–Kier alpha value is -0.520. The highest BCUT2D eigenvalue weighted by Gasteiger charge is 2.30. The van der Waals surface area contributed by atoms with Crippen LogP contribution in [0, 0.1) is 17.3 Å². The quantitative estimate of drug-likeness (QED) is 0.552. The molecule has 69 valence electrons. The molecule has 0 N–H and O–H groups in total. The molecule has 0 aliphatic carbocycles. The molecule has 12 heavy (non-hydrogen) atoms. The summed E-state index contributed by atoms with van der Waals surface area (Å²) < 4.78 is 0. The molecule has 0 heteroatoms. The van der Waals surface area contributed by atoms with Gasteiger partial charge in [-0.1, -0.05) is 45.9 Å². The summed E-state index contributed by atoms with van der Waals surface area (Å²) in [5.41, 5.74) is 1.29. The van der Waals surface area contributed by atoms with Crippen molar-refractivity contribution in [3.63, 3.8) is 0 Å². The van der Waals surface area contributed by atoms with Gasteiger partial charge in [-0.2, -0.15) is 0 Å². The van der Waals surface area contributed by atoms with E-state index in [1.54, 1.807) is 0 Å². The van der Waals surface area contributed by atoms with Crippen molar-refractivity contribution in [3.05, 3.63) is 30.7 Å². The van der Waals surface area contributed by atoms with Crippen LogP contribution in [0.4, 0.5) is 0 Å². The standard InChI is InChI=1S/C12H21/c1-8-11(9(2)3)12(6,7)10(4)5/h8-9H,1,4H2,2-3,5-7H3. The lowest BCUT2D eigenvalue weighted by molar-refractivity contribution is 0.418. The zero-order valence-corrected chi connectivity index (χ0v) is 9.07. The molecule has 0 amide bonds. The van der Waals surface area contributed by atoms with Gasteiger partial charge in [0.1, 0.15) is 0 Å². The van der Waals surface area contributed by atoms with E-state index in [-0.39, 0.29) is 5.41 Å². The van der Waals surface area contributed by atoms with Gasteiger partial charge in [-0.15, -0.1) is 6.58 Å². The Morgan fingerprint density at radius 2 is 1.75 bits per heavy atom. The van der Waals surface area contributed by atoms with Crippen LogP contribution in [0.3, 0.4) is 0 Å². The van der Waals surface area contributed by atoms with E-state index in [2.05, 4.69) is 47.8 Å². The van der Waals surface area contributed by atoms with Gasteiger partial charge in [0.15, 0.2) is 0 Å². The SMILES string of the molecule is C=C[C](C(C)C)C(C)(C)C(=C)C. The van der Waals surface area contributed by atoms with E-state index in [1.165, 1.54) is 11.5 Å². The molecular formula is C12H21. The summed E-state index contributed by atoms with van der Waals surface area (Å²) >= 11 is 0. The first-order chi connectivity index (χ1) is 5.34. The summed E-state index contributed by atoms with van der Waals surface area (Å²) in [6.45, 7) is 18.7. The number of hydrogen-bond acceptors (Lipinski definition) is 0. The molecule has 1 radical (unpaired) electrons. The molecule has 0 aliphatic rings. The van der Waals surface area contributed by atoms with Crippen LogP contribution < -0.4 is 0 Å². The Labute approximate surface area is 77.4 Å². The van der Waals surface area contributed by atoms with Crippen molar-refractivity contribution in [1.29, 1.82) is 0 Å². The predicted molar refractivity (Wildman–Crippen MR) is 56.9 cm³/mol. The van der Waals surface area contributed by atoms with Crippen molar-refractivity contribution in [1.82, 2.24) is 0 Å². The average Bonchev–Trinajstić information content (AvgIpc) is 1.86. The van der Waals surface area contributed by atoms with Gasteiger partial charge >= 0.3 is 0 Å². The fourth-order valence-electron chi connectivity index (χ4n) is 1.46.